The molecule has 0 aliphatic carbocycles. The summed E-state index contributed by atoms with van der Waals surface area (Å²) >= 11 is 3.34. The number of nitrogens with one attached hydrogen (secondary N) is 1. The van der Waals surface area contributed by atoms with Gasteiger partial charge in [-0.2, -0.15) is 5.10 Å². The van der Waals surface area contributed by atoms with E-state index in [-0.39, 0.29) is 18.8 Å². The van der Waals surface area contributed by atoms with Crippen LogP contribution in [0.1, 0.15) is 0 Å². The van der Waals surface area contributed by atoms with Gasteiger partial charge in [0.05, 0.1) is 29.5 Å². The summed E-state index contributed by atoms with van der Waals surface area (Å²) in [6.07, 6.45) is 4.75. The number of halogens is 1. The molecular formula is C15H13BrN4O3. The normalized spacial score (nSPS) is 14.3. The Morgan fingerprint density at radius 3 is 2.57 bits per heavy atom. The molecule has 7 nitrogen and oxygen atoms in total. The highest BCUT2D eigenvalue weighted by Gasteiger charge is 2.30. The van der Waals surface area contributed by atoms with E-state index in [0.29, 0.717) is 5.69 Å². The first-order valence-corrected chi connectivity index (χ1v) is 7.64. The minimum Gasteiger partial charge on any atom is -0.395 e. The van der Waals surface area contributed by atoms with Crippen LogP contribution < -0.4 is 5.32 Å². The van der Waals surface area contributed by atoms with Crippen molar-refractivity contribution in [1.82, 2.24) is 14.7 Å². The molecule has 0 unspecified atom stereocenters. The number of carbonyl (C=O) groups is 2. The summed E-state index contributed by atoms with van der Waals surface area (Å²) in [7, 11) is 0. The molecule has 3 rings (SSSR count). The summed E-state index contributed by atoms with van der Waals surface area (Å²) < 4.78 is 2.59. The fourth-order valence-corrected chi connectivity index (χ4v) is 2.49. The molecule has 0 atom stereocenters. The van der Waals surface area contributed by atoms with Crippen molar-refractivity contribution < 1.29 is 14.7 Å². The van der Waals surface area contributed by atoms with Crippen LogP contribution >= 0.6 is 15.9 Å². The smallest absolute Gasteiger partial charge is 0.277 e. The lowest BCUT2D eigenvalue weighted by Crippen LogP contribution is -2.34. The van der Waals surface area contributed by atoms with Crippen molar-refractivity contribution in [3.05, 3.63) is 52.9 Å². The summed E-state index contributed by atoms with van der Waals surface area (Å²) in [4.78, 5) is 24.7. The SMILES string of the molecule is O=C1C=C(Nc2ccc(-n3cc(Br)cn3)cc2)C(=O)N1CCO. The van der Waals surface area contributed by atoms with Crippen LogP contribution in [0.4, 0.5) is 5.69 Å². The molecule has 0 bridgehead atoms. The third kappa shape index (κ3) is 3.17. The number of hydrogen-bond acceptors (Lipinski definition) is 5. The summed E-state index contributed by atoms with van der Waals surface area (Å²) in [5.41, 5.74) is 1.74. The van der Waals surface area contributed by atoms with Crippen LogP contribution in [-0.4, -0.2) is 44.8 Å². The highest BCUT2D eigenvalue weighted by molar-refractivity contribution is 9.10. The second-order valence-electron chi connectivity index (χ2n) is 4.85. The number of imide groups is 1. The molecule has 0 radical (unpaired) electrons. The number of rotatable bonds is 5. The Hall–Kier alpha value is -2.45. The van der Waals surface area contributed by atoms with Crippen LogP contribution in [0.2, 0.25) is 0 Å². The number of benzene rings is 1. The van der Waals surface area contributed by atoms with Crippen molar-refractivity contribution in [2.24, 2.45) is 0 Å². The molecule has 2 heterocycles. The number of hydrogen-bond donors (Lipinski definition) is 2. The lowest BCUT2D eigenvalue weighted by atomic mass is 10.2. The highest BCUT2D eigenvalue weighted by atomic mass is 79.9. The van der Waals surface area contributed by atoms with Crippen molar-refractivity contribution in [3.8, 4) is 5.69 Å². The maximum absolute atomic E-state index is 12.0. The van der Waals surface area contributed by atoms with Crippen LogP contribution in [-0.2, 0) is 9.59 Å². The minimum absolute atomic E-state index is 0.00748. The van der Waals surface area contributed by atoms with Crippen molar-refractivity contribution >= 4 is 33.4 Å². The molecule has 1 aromatic heterocycles. The van der Waals surface area contributed by atoms with Gasteiger partial charge in [-0.25, -0.2) is 4.68 Å². The summed E-state index contributed by atoms with van der Waals surface area (Å²) in [6.45, 7) is -0.265. The van der Waals surface area contributed by atoms with Crippen molar-refractivity contribution in [1.29, 1.82) is 0 Å². The molecule has 1 aliphatic heterocycles. The molecule has 2 N–H and O–H groups in total. The molecule has 2 amide bonds. The van der Waals surface area contributed by atoms with Gasteiger partial charge < -0.3 is 10.4 Å². The van der Waals surface area contributed by atoms with Crippen LogP contribution in [0.15, 0.2) is 52.9 Å². The molecule has 118 valence electrons. The Morgan fingerprint density at radius 1 is 1.22 bits per heavy atom. The van der Waals surface area contributed by atoms with E-state index in [1.54, 1.807) is 23.0 Å². The molecule has 0 fully saturated rings. The number of aromatic nitrogens is 2. The summed E-state index contributed by atoms with van der Waals surface area (Å²) in [6, 6.07) is 7.26. The Balaban J connectivity index is 1.73. The number of aliphatic hydroxyl groups excluding tert-OH is 1. The lowest BCUT2D eigenvalue weighted by molar-refractivity contribution is -0.137. The van der Waals surface area contributed by atoms with Crippen molar-refractivity contribution in [2.45, 2.75) is 0 Å². The van der Waals surface area contributed by atoms with Gasteiger partial charge in [-0.15, -0.1) is 0 Å². The molecule has 2 aromatic rings. The van der Waals surface area contributed by atoms with Gasteiger partial charge in [0.25, 0.3) is 11.8 Å². The monoisotopic (exact) mass is 376 g/mol. The average molecular weight is 377 g/mol. The van der Waals surface area contributed by atoms with E-state index < -0.39 is 11.8 Å². The first kappa shape index (κ1) is 15.4. The number of nitrogens with zero attached hydrogens (tertiary/aromatic N) is 3. The third-order valence-corrected chi connectivity index (χ3v) is 3.70. The van der Waals surface area contributed by atoms with E-state index in [4.69, 9.17) is 5.11 Å². The predicted molar refractivity (Wildman–Crippen MR) is 86.8 cm³/mol. The van der Waals surface area contributed by atoms with Gasteiger partial charge in [0, 0.05) is 18.0 Å². The fraction of sp³-hybridized carbons (Fsp3) is 0.133. The zero-order valence-electron chi connectivity index (χ0n) is 11.9. The fourth-order valence-electron chi connectivity index (χ4n) is 2.20. The number of amides is 2. The lowest BCUT2D eigenvalue weighted by Gasteiger charge is -2.13. The Kier molecular flexibility index (Phi) is 4.26. The first-order valence-electron chi connectivity index (χ1n) is 6.84. The molecular weight excluding hydrogens is 364 g/mol. The first-order chi connectivity index (χ1) is 11.1. The van der Waals surface area contributed by atoms with E-state index in [1.807, 2.05) is 18.3 Å². The molecule has 8 heteroatoms. The predicted octanol–water partition coefficient (Wildman–Crippen LogP) is 1.29. The quantitative estimate of drug-likeness (QED) is 0.767. The minimum atomic E-state index is -0.441. The highest BCUT2D eigenvalue weighted by Crippen LogP contribution is 2.19. The Morgan fingerprint density at radius 2 is 1.96 bits per heavy atom. The van der Waals surface area contributed by atoms with Gasteiger partial charge in [-0.1, -0.05) is 0 Å². The molecule has 1 aromatic carbocycles. The number of anilines is 1. The maximum Gasteiger partial charge on any atom is 0.277 e. The van der Waals surface area contributed by atoms with Crippen LogP contribution in [0.3, 0.4) is 0 Å². The van der Waals surface area contributed by atoms with Gasteiger partial charge in [-0.3, -0.25) is 14.5 Å². The second-order valence-corrected chi connectivity index (χ2v) is 5.77. The number of carbonyl (C=O) groups excluding carboxylic acids is 2. The van der Waals surface area contributed by atoms with Gasteiger partial charge in [0.15, 0.2) is 0 Å². The Labute approximate surface area is 140 Å². The van der Waals surface area contributed by atoms with Crippen LogP contribution in [0.25, 0.3) is 5.69 Å². The van der Waals surface area contributed by atoms with Crippen molar-refractivity contribution in [3.63, 3.8) is 0 Å². The van der Waals surface area contributed by atoms with E-state index in [9.17, 15) is 9.59 Å². The van der Waals surface area contributed by atoms with E-state index in [1.165, 1.54) is 6.08 Å². The largest absolute Gasteiger partial charge is 0.395 e. The number of β-amino-alcohol motifs (C(OH)–C–C–N with tert-alkyl or cyclic N) is 1. The second kappa shape index (κ2) is 6.35. The topological polar surface area (TPSA) is 87.5 Å². The Bertz CT molecular complexity index is 782. The molecule has 0 saturated carbocycles. The standard InChI is InChI=1S/C15H13BrN4O3/c16-10-8-17-20(9-10)12-3-1-11(2-4-12)18-13-7-14(22)19(5-6-21)15(13)23/h1-4,7-9,18,21H,5-6H2. The molecule has 1 aliphatic rings. The van der Waals surface area contributed by atoms with Gasteiger partial charge >= 0.3 is 0 Å². The zero-order chi connectivity index (χ0) is 16.4. The molecule has 0 saturated heterocycles. The van der Waals surface area contributed by atoms with E-state index in [2.05, 4.69) is 26.3 Å². The average Bonchev–Trinajstić information content (AvgIpc) is 3.08. The van der Waals surface area contributed by atoms with Gasteiger partial charge in [0.2, 0.25) is 0 Å². The van der Waals surface area contributed by atoms with E-state index in [0.717, 1.165) is 15.1 Å². The van der Waals surface area contributed by atoms with Crippen LogP contribution in [0, 0.1) is 0 Å². The zero-order valence-corrected chi connectivity index (χ0v) is 13.5. The summed E-state index contributed by atoms with van der Waals surface area (Å²) in [5, 5.41) is 16.0. The van der Waals surface area contributed by atoms with Crippen LogP contribution in [0.5, 0.6) is 0 Å². The third-order valence-electron chi connectivity index (χ3n) is 3.29. The van der Waals surface area contributed by atoms with E-state index >= 15 is 0 Å². The van der Waals surface area contributed by atoms with Gasteiger partial charge in [0.1, 0.15) is 5.70 Å². The summed E-state index contributed by atoms with van der Waals surface area (Å²) in [5.74, 6) is -0.867. The maximum atomic E-state index is 12.0. The number of aliphatic hydroxyl groups is 1. The molecule has 23 heavy (non-hydrogen) atoms. The molecule has 0 spiro atoms. The van der Waals surface area contributed by atoms with Crippen molar-refractivity contribution in [2.75, 3.05) is 18.5 Å². The van der Waals surface area contributed by atoms with Gasteiger partial charge in [-0.05, 0) is 40.2 Å².